The molecule has 0 atom stereocenters. The summed E-state index contributed by atoms with van der Waals surface area (Å²) in [5.41, 5.74) is 5.33. The van der Waals surface area contributed by atoms with Crippen LogP contribution in [0.15, 0.2) is 23.2 Å². The van der Waals surface area contributed by atoms with Gasteiger partial charge in [0.05, 0.1) is 5.75 Å². The van der Waals surface area contributed by atoms with E-state index in [0.29, 0.717) is 0 Å². The van der Waals surface area contributed by atoms with Crippen LogP contribution in [-0.4, -0.2) is 19.2 Å². The summed E-state index contributed by atoms with van der Waals surface area (Å²) in [6.07, 6.45) is 0. The molecule has 0 aliphatic carbocycles. The molecule has 4 nitrogen and oxygen atoms in total. The number of aromatic nitrogens is 1. The molecule has 2 N–H and O–H groups in total. The molecule has 5 heteroatoms. The smallest absolute Gasteiger partial charge is 0.195 e. The van der Waals surface area contributed by atoms with E-state index in [9.17, 15) is 8.42 Å². The van der Waals surface area contributed by atoms with Crippen LogP contribution in [0.3, 0.4) is 0 Å². The summed E-state index contributed by atoms with van der Waals surface area (Å²) in [5, 5.41) is 0.0463. The van der Waals surface area contributed by atoms with Crippen LogP contribution in [0.5, 0.6) is 0 Å². The Balaban J connectivity index is 3.21. The Hall–Kier alpha value is -1.10. The van der Waals surface area contributed by atoms with Crippen molar-refractivity contribution in [3.63, 3.8) is 0 Å². The van der Waals surface area contributed by atoms with E-state index >= 15 is 0 Å². The van der Waals surface area contributed by atoms with Crippen molar-refractivity contribution in [3.05, 3.63) is 18.2 Å². The maximum atomic E-state index is 11.2. The zero-order chi connectivity index (χ0) is 9.19. The number of anilines is 1. The summed E-state index contributed by atoms with van der Waals surface area (Å²) in [5.74, 6) is 0.272. The Morgan fingerprint density at radius 2 is 2.17 bits per heavy atom. The first-order valence-electron chi connectivity index (χ1n) is 3.51. The summed E-state index contributed by atoms with van der Waals surface area (Å²) in [6, 6.07) is 4.56. The van der Waals surface area contributed by atoms with Crippen LogP contribution in [0.2, 0.25) is 0 Å². The number of rotatable bonds is 2. The van der Waals surface area contributed by atoms with Gasteiger partial charge >= 0.3 is 0 Å². The second-order valence-electron chi connectivity index (χ2n) is 2.30. The standard InChI is InChI=1S/C7H10N2O2S/c1-2-12(10,11)7-5-3-4-6(8)9-7/h3-5H,2H2,1H3,(H2,8,9). The van der Waals surface area contributed by atoms with Crippen molar-refractivity contribution >= 4 is 15.7 Å². The van der Waals surface area contributed by atoms with Crippen molar-refractivity contribution in [3.8, 4) is 0 Å². The van der Waals surface area contributed by atoms with Crippen molar-refractivity contribution in [1.29, 1.82) is 0 Å². The van der Waals surface area contributed by atoms with E-state index in [4.69, 9.17) is 5.73 Å². The molecule has 0 saturated carbocycles. The molecule has 0 aliphatic rings. The van der Waals surface area contributed by atoms with E-state index in [1.54, 1.807) is 19.1 Å². The number of nitrogens with zero attached hydrogens (tertiary/aromatic N) is 1. The van der Waals surface area contributed by atoms with Crippen LogP contribution in [0.4, 0.5) is 5.82 Å². The zero-order valence-electron chi connectivity index (χ0n) is 6.69. The zero-order valence-corrected chi connectivity index (χ0v) is 7.50. The fraction of sp³-hybridized carbons (Fsp3) is 0.286. The number of pyridine rings is 1. The van der Waals surface area contributed by atoms with E-state index in [1.165, 1.54) is 6.07 Å². The van der Waals surface area contributed by atoms with Gasteiger partial charge in [-0.3, -0.25) is 0 Å². The lowest BCUT2D eigenvalue weighted by Crippen LogP contribution is -2.06. The summed E-state index contributed by atoms with van der Waals surface area (Å²) < 4.78 is 22.5. The van der Waals surface area contributed by atoms with Crippen LogP contribution >= 0.6 is 0 Å². The largest absolute Gasteiger partial charge is 0.384 e. The second kappa shape index (κ2) is 3.10. The van der Waals surface area contributed by atoms with Gasteiger partial charge in [0.1, 0.15) is 5.82 Å². The van der Waals surface area contributed by atoms with E-state index in [0.717, 1.165) is 0 Å². The molecular formula is C7H10N2O2S. The van der Waals surface area contributed by atoms with Gasteiger partial charge in [0.2, 0.25) is 0 Å². The SMILES string of the molecule is CCS(=O)(=O)c1cccc(N)n1. The molecule has 1 rings (SSSR count). The normalized spacial score (nSPS) is 11.4. The van der Waals surface area contributed by atoms with Gasteiger partial charge in [-0.1, -0.05) is 13.0 Å². The highest BCUT2D eigenvalue weighted by molar-refractivity contribution is 7.91. The minimum absolute atomic E-state index is 0.0451. The third kappa shape index (κ3) is 1.73. The molecule has 1 heterocycles. The van der Waals surface area contributed by atoms with Gasteiger partial charge in [-0.2, -0.15) is 0 Å². The van der Waals surface area contributed by atoms with Crippen molar-refractivity contribution in [2.45, 2.75) is 11.9 Å². The first-order chi connectivity index (χ1) is 5.56. The van der Waals surface area contributed by atoms with Gasteiger partial charge in [-0.05, 0) is 12.1 Å². The van der Waals surface area contributed by atoms with E-state index in [-0.39, 0.29) is 16.6 Å². The fourth-order valence-electron chi connectivity index (χ4n) is 0.752. The van der Waals surface area contributed by atoms with Gasteiger partial charge < -0.3 is 5.73 Å². The Kier molecular flexibility index (Phi) is 2.32. The molecule has 0 amide bonds. The maximum absolute atomic E-state index is 11.2. The van der Waals surface area contributed by atoms with Gasteiger partial charge in [-0.25, -0.2) is 13.4 Å². The van der Waals surface area contributed by atoms with E-state index in [1.807, 2.05) is 0 Å². The Labute approximate surface area is 71.3 Å². The summed E-state index contributed by atoms with van der Waals surface area (Å²) in [4.78, 5) is 3.71. The fourth-order valence-corrected chi connectivity index (χ4v) is 1.58. The molecule has 0 saturated heterocycles. The Morgan fingerprint density at radius 3 is 2.67 bits per heavy atom. The topological polar surface area (TPSA) is 73.0 Å². The lowest BCUT2D eigenvalue weighted by molar-refractivity contribution is 0.594. The molecule has 66 valence electrons. The molecule has 1 aromatic heterocycles. The van der Waals surface area contributed by atoms with Crippen molar-refractivity contribution < 1.29 is 8.42 Å². The second-order valence-corrected chi connectivity index (χ2v) is 4.53. The van der Waals surface area contributed by atoms with Crippen LogP contribution in [-0.2, 0) is 9.84 Å². The molecule has 1 aromatic rings. The average molecular weight is 186 g/mol. The van der Waals surface area contributed by atoms with E-state index in [2.05, 4.69) is 4.98 Å². The predicted molar refractivity (Wildman–Crippen MR) is 46.4 cm³/mol. The molecule has 0 spiro atoms. The Bertz CT molecular complexity index is 373. The predicted octanol–water partition coefficient (Wildman–Crippen LogP) is 0.457. The van der Waals surface area contributed by atoms with Crippen LogP contribution in [0.25, 0.3) is 0 Å². The minimum atomic E-state index is -3.21. The molecule has 0 unspecified atom stereocenters. The quantitative estimate of drug-likeness (QED) is 0.728. The minimum Gasteiger partial charge on any atom is -0.384 e. The van der Waals surface area contributed by atoms with Crippen LogP contribution in [0, 0.1) is 0 Å². The molecule has 0 bridgehead atoms. The van der Waals surface area contributed by atoms with Gasteiger partial charge in [0.25, 0.3) is 0 Å². The van der Waals surface area contributed by atoms with Crippen molar-refractivity contribution in [2.75, 3.05) is 11.5 Å². The third-order valence-electron chi connectivity index (χ3n) is 1.44. The summed E-state index contributed by atoms with van der Waals surface area (Å²) in [7, 11) is -3.21. The van der Waals surface area contributed by atoms with Gasteiger partial charge in [0, 0.05) is 0 Å². The van der Waals surface area contributed by atoms with Crippen molar-refractivity contribution in [1.82, 2.24) is 4.98 Å². The number of hydrogen-bond acceptors (Lipinski definition) is 4. The first-order valence-corrected chi connectivity index (χ1v) is 5.17. The number of nitrogen functional groups attached to an aromatic ring is 1. The molecule has 12 heavy (non-hydrogen) atoms. The molecular weight excluding hydrogens is 176 g/mol. The van der Waals surface area contributed by atoms with Gasteiger partial charge in [0.15, 0.2) is 14.9 Å². The van der Waals surface area contributed by atoms with Crippen LogP contribution in [0.1, 0.15) is 6.92 Å². The first kappa shape index (κ1) is 8.99. The molecule has 0 aliphatic heterocycles. The number of nitrogens with two attached hydrogens (primary N) is 1. The molecule has 0 radical (unpaired) electrons. The third-order valence-corrected chi connectivity index (χ3v) is 3.07. The highest BCUT2D eigenvalue weighted by atomic mass is 32.2. The van der Waals surface area contributed by atoms with Crippen LogP contribution < -0.4 is 5.73 Å². The summed E-state index contributed by atoms with van der Waals surface area (Å²) >= 11 is 0. The number of sulfone groups is 1. The van der Waals surface area contributed by atoms with Gasteiger partial charge in [-0.15, -0.1) is 0 Å². The Morgan fingerprint density at radius 1 is 1.50 bits per heavy atom. The maximum Gasteiger partial charge on any atom is 0.195 e. The van der Waals surface area contributed by atoms with E-state index < -0.39 is 9.84 Å². The number of hydrogen-bond donors (Lipinski definition) is 1. The monoisotopic (exact) mass is 186 g/mol. The lowest BCUT2D eigenvalue weighted by atomic mass is 10.5. The highest BCUT2D eigenvalue weighted by Crippen LogP contribution is 2.08. The average Bonchev–Trinajstić information content (AvgIpc) is 2.05. The highest BCUT2D eigenvalue weighted by Gasteiger charge is 2.12. The molecule has 0 aromatic carbocycles. The molecule has 0 fully saturated rings. The summed E-state index contributed by atoms with van der Waals surface area (Å²) in [6.45, 7) is 1.57. The van der Waals surface area contributed by atoms with Crippen molar-refractivity contribution in [2.24, 2.45) is 0 Å². The lowest BCUT2D eigenvalue weighted by Gasteiger charge is -1.99.